The van der Waals surface area contributed by atoms with Gasteiger partial charge in [0.1, 0.15) is 17.5 Å². The van der Waals surface area contributed by atoms with E-state index in [1.807, 2.05) is 41.8 Å². The Bertz CT molecular complexity index is 847. The number of nitrogens with zero attached hydrogens (tertiary/aromatic N) is 4. The summed E-state index contributed by atoms with van der Waals surface area (Å²) in [5, 5.41) is 12.4. The van der Waals surface area contributed by atoms with Gasteiger partial charge < -0.3 is 9.72 Å². The van der Waals surface area contributed by atoms with Crippen LogP contribution in [0.4, 0.5) is 5.82 Å². The van der Waals surface area contributed by atoms with Gasteiger partial charge in [-0.25, -0.2) is 9.97 Å². The summed E-state index contributed by atoms with van der Waals surface area (Å²) in [7, 11) is 0. The van der Waals surface area contributed by atoms with E-state index in [4.69, 9.17) is 16.9 Å². The van der Waals surface area contributed by atoms with Crippen LogP contribution in [0.15, 0.2) is 36.5 Å². The Kier molecular flexibility index (Phi) is 3.46. The van der Waals surface area contributed by atoms with Crippen molar-refractivity contribution < 1.29 is 0 Å². The fourth-order valence-corrected chi connectivity index (χ4v) is 2.23. The Morgan fingerprint density at radius 2 is 2.14 bits per heavy atom. The number of hydrogen-bond acceptors (Lipinski definition) is 4. The van der Waals surface area contributed by atoms with Crippen molar-refractivity contribution in [1.82, 2.24) is 14.4 Å². The molecule has 0 saturated carbocycles. The molecule has 0 aliphatic heterocycles. The van der Waals surface area contributed by atoms with Gasteiger partial charge in [-0.05, 0) is 31.2 Å². The molecule has 0 atom stereocenters. The number of pyridine rings is 2. The Labute approximate surface area is 126 Å². The third-order valence-corrected chi connectivity index (χ3v) is 3.45. The largest absolute Gasteiger partial charge is 0.364 e. The molecule has 0 aliphatic rings. The highest BCUT2D eigenvalue weighted by atomic mass is 35.5. The summed E-state index contributed by atoms with van der Waals surface area (Å²) >= 11 is 5.86. The SMILES string of the molecule is Cc1cccc2nc(CNc3ccc(Cl)c(C#N)n3)cn12. The lowest BCUT2D eigenvalue weighted by Gasteiger charge is -2.04. The number of anilines is 1. The molecule has 0 amide bonds. The number of halogens is 1. The first-order valence-corrected chi connectivity index (χ1v) is 6.79. The highest BCUT2D eigenvalue weighted by Gasteiger charge is 2.05. The normalized spacial score (nSPS) is 10.5. The average Bonchev–Trinajstić information content (AvgIpc) is 2.91. The van der Waals surface area contributed by atoms with Gasteiger partial charge >= 0.3 is 0 Å². The van der Waals surface area contributed by atoms with Crippen LogP contribution >= 0.6 is 11.6 Å². The van der Waals surface area contributed by atoms with Crippen LogP contribution in [-0.2, 0) is 6.54 Å². The molecule has 3 aromatic heterocycles. The van der Waals surface area contributed by atoms with Crippen molar-refractivity contribution in [2.24, 2.45) is 0 Å². The summed E-state index contributed by atoms with van der Waals surface area (Å²) in [6.45, 7) is 2.56. The molecule has 104 valence electrons. The second-order valence-electron chi connectivity index (χ2n) is 4.62. The molecule has 0 fully saturated rings. The molecule has 3 aromatic rings. The predicted molar refractivity (Wildman–Crippen MR) is 81.2 cm³/mol. The number of imidazole rings is 1. The van der Waals surface area contributed by atoms with Crippen molar-refractivity contribution in [3.8, 4) is 6.07 Å². The van der Waals surface area contributed by atoms with Crippen LogP contribution in [0.1, 0.15) is 17.1 Å². The van der Waals surface area contributed by atoms with E-state index in [1.165, 1.54) is 0 Å². The number of aromatic nitrogens is 3. The van der Waals surface area contributed by atoms with Crippen LogP contribution in [0.5, 0.6) is 0 Å². The van der Waals surface area contributed by atoms with Crippen molar-refractivity contribution >= 4 is 23.1 Å². The third kappa shape index (κ3) is 2.67. The minimum Gasteiger partial charge on any atom is -0.364 e. The molecule has 0 unspecified atom stereocenters. The predicted octanol–water partition coefficient (Wildman–Crippen LogP) is 3.17. The highest BCUT2D eigenvalue weighted by Crippen LogP contribution is 2.16. The molecule has 3 rings (SSSR count). The monoisotopic (exact) mass is 297 g/mol. The number of fused-ring (bicyclic) bond motifs is 1. The zero-order valence-corrected chi connectivity index (χ0v) is 12.1. The molecule has 0 aliphatic carbocycles. The van der Waals surface area contributed by atoms with Gasteiger partial charge in [0.05, 0.1) is 17.3 Å². The number of rotatable bonds is 3. The van der Waals surface area contributed by atoms with E-state index < -0.39 is 0 Å². The minimum atomic E-state index is 0.215. The first-order valence-electron chi connectivity index (χ1n) is 6.41. The number of hydrogen-bond donors (Lipinski definition) is 1. The molecule has 1 N–H and O–H groups in total. The van der Waals surface area contributed by atoms with Gasteiger partial charge in [0.25, 0.3) is 0 Å². The molecular formula is C15H12ClN5. The zero-order chi connectivity index (χ0) is 14.8. The van der Waals surface area contributed by atoms with Crippen molar-refractivity contribution in [1.29, 1.82) is 5.26 Å². The van der Waals surface area contributed by atoms with Crippen LogP contribution in [0.3, 0.4) is 0 Å². The fourth-order valence-electron chi connectivity index (χ4n) is 2.08. The highest BCUT2D eigenvalue weighted by molar-refractivity contribution is 6.31. The first kappa shape index (κ1) is 13.4. The van der Waals surface area contributed by atoms with Crippen molar-refractivity contribution in [2.75, 3.05) is 5.32 Å². The third-order valence-electron chi connectivity index (χ3n) is 3.15. The van der Waals surface area contributed by atoms with E-state index in [-0.39, 0.29) is 5.69 Å². The van der Waals surface area contributed by atoms with Gasteiger partial charge in [0, 0.05) is 11.9 Å². The number of nitrogens with one attached hydrogen (secondary N) is 1. The van der Waals surface area contributed by atoms with Crippen molar-refractivity contribution in [2.45, 2.75) is 13.5 Å². The van der Waals surface area contributed by atoms with E-state index in [0.717, 1.165) is 17.0 Å². The summed E-state index contributed by atoms with van der Waals surface area (Å²) in [6.07, 6.45) is 1.98. The lowest BCUT2D eigenvalue weighted by atomic mass is 10.3. The second kappa shape index (κ2) is 5.43. The Hall–Kier alpha value is -2.58. The number of nitriles is 1. The quantitative estimate of drug-likeness (QED) is 0.806. The lowest BCUT2D eigenvalue weighted by Crippen LogP contribution is -2.02. The van der Waals surface area contributed by atoms with E-state index in [1.54, 1.807) is 12.1 Å². The van der Waals surface area contributed by atoms with E-state index >= 15 is 0 Å². The van der Waals surface area contributed by atoms with Gasteiger partial charge in [0.2, 0.25) is 0 Å². The Morgan fingerprint density at radius 3 is 2.90 bits per heavy atom. The Balaban J connectivity index is 1.80. The molecule has 0 bridgehead atoms. The van der Waals surface area contributed by atoms with Crippen molar-refractivity contribution in [3.63, 3.8) is 0 Å². The summed E-state index contributed by atoms with van der Waals surface area (Å²) in [5.41, 5.74) is 3.16. The minimum absolute atomic E-state index is 0.215. The first-order chi connectivity index (χ1) is 10.2. The molecule has 0 radical (unpaired) electrons. The molecule has 21 heavy (non-hydrogen) atoms. The van der Waals surface area contributed by atoms with Gasteiger partial charge in [-0.3, -0.25) is 0 Å². The van der Waals surface area contributed by atoms with E-state index in [2.05, 4.69) is 15.3 Å². The maximum Gasteiger partial charge on any atom is 0.161 e. The van der Waals surface area contributed by atoms with Crippen molar-refractivity contribution in [3.05, 3.63) is 58.6 Å². The molecule has 0 spiro atoms. The molecule has 3 heterocycles. The summed E-state index contributed by atoms with van der Waals surface area (Å²) in [6, 6.07) is 11.3. The summed E-state index contributed by atoms with van der Waals surface area (Å²) in [5.74, 6) is 0.602. The standard InChI is InChI=1S/C15H12ClN5/c1-10-3-2-4-15-19-11(9-21(10)15)8-18-14-6-5-12(16)13(7-17)20-14/h2-6,9H,8H2,1H3,(H,18,20). The van der Waals surface area contributed by atoms with Gasteiger partial charge in [-0.15, -0.1) is 0 Å². The van der Waals surface area contributed by atoms with Gasteiger partial charge in [0.15, 0.2) is 5.69 Å². The second-order valence-corrected chi connectivity index (χ2v) is 5.03. The van der Waals surface area contributed by atoms with Crippen LogP contribution in [0.25, 0.3) is 5.65 Å². The molecule has 0 saturated heterocycles. The summed E-state index contributed by atoms with van der Waals surface area (Å²) in [4.78, 5) is 8.67. The lowest BCUT2D eigenvalue weighted by molar-refractivity contribution is 1.05. The fraction of sp³-hybridized carbons (Fsp3) is 0.133. The number of aryl methyl sites for hydroxylation is 1. The zero-order valence-electron chi connectivity index (χ0n) is 11.3. The van der Waals surface area contributed by atoms with Gasteiger partial charge in [-0.2, -0.15) is 5.26 Å². The van der Waals surface area contributed by atoms with Crippen LogP contribution in [0.2, 0.25) is 5.02 Å². The molecule has 5 nitrogen and oxygen atoms in total. The van der Waals surface area contributed by atoms with E-state index in [0.29, 0.717) is 17.4 Å². The smallest absolute Gasteiger partial charge is 0.161 e. The topological polar surface area (TPSA) is 66.0 Å². The summed E-state index contributed by atoms with van der Waals surface area (Å²) < 4.78 is 2.03. The maximum atomic E-state index is 8.91. The van der Waals surface area contributed by atoms with E-state index in [9.17, 15) is 0 Å². The van der Waals surface area contributed by atoms with Crippen LogP contribution < -0.4 is 5.32 Å². The van der Waals surface area contributed by atoms with Crippen LogP contribution in [0, 0.1) is 18.3 Å². The average molecular weight is 298 g/mol. The Morgan fingerprint density at radius 1 is 1.29 bits per heavy atom. The van der Waals surface area contributed by atoms with Gasteiger partial charge in [-0.1, -0.05) is 17.7 Å². The molecule has 6 heteroatoms. The molecule has 0 aromatic carbocycles. The van der Waals surface area contributed by atoms with Crippen LogP contribution in [-0.4, -0.2) is 14.4 Å². The maximum absolute atomic E-state index is 8.91. The molecular weight excluding hydrogens is 286 g/mol.